The van der Waals surface area contributed by atoms with Crippen LogP contribution in [0.15, 0.2) is 24.3 Å². The van der Waals surface area contributed by atoms with Crippen LogP contribution >= 0.6 is 0 Å². The van der Waals surface area contributed by atoms with Crippen molar-refractivity contribution in [3.8, 4) is 6.07 Å². The topological polar surface area (TPSA) is 58.9 Å². The monoisotopic (exact) mass is 342 g/mol. The van der Waals surface area contributed by atoms with Crippen LogP contribution in [0.3, 0.4) is 0 Å². The summed E-state index contributed by atoms with van der Waals surface area (Å²) in [4.78, 5) is 0. The lowest BCUT2D eigenvalue weighted by Crippen LogP contribution is -2.40. The summed E-state index contributed by atoms with van der Waals surface area (Å²) >= 11 is -1.30. The highest BCUT2D eigenvalue weighted by Crippen LogP contribution is 2.44. The van der Waals surface area contributed by atoms with Crippen molar-refractivity contribution in [2.45, 2.75) is 58.3 Å². The van der Waals surface area contributed by atoms with E-state index in [1.54, 1.807) is 19.1 Å². The van der Waals surface area contributed by atoms with Gasteiger partial charge in [-0.2, -0.15) is 14.0 Å². The molecule has 0 aliphatic carbocycles. The van der Waals surface area contributed by atoms with Crippen molar-refractivity contribution in [2.75, 3.05) is 0 Å². The van der Waals surface area contributed by atoms with Gasteiger partial charge in [-0.25, -0.2) is 0 Å². The SMILES string of the molecule is CC(N[S+]([O-])C(C)(C)C)c1cccc(C(F)(F)C(C)(C)C#N)c1. The van der Waals surface area contributed by atoms with Gasteiger partial charge in [-0.15, -0.1) is 4.72 Å². The largest absolute Gasteiger partial charge is 0.598 e. The van der Waals surface area contributed by atoms with E-state index in [1.807, 2.05) is 20.8 Å². The maximum absolute atomic E-state index is 14.5. The van der Waals surface area contributed by atoms with Gasteiger partial charge in [-0.05, 0) is 53.2 Å². The molecular weight excluding hydrogens is 318 g/mol. The van der Waals surface area contributed by atoms with Gasteiger partial charge in [0.2, 0.25) is 0 Å². The highest BCUT2D eigenvalue weighted by molar-refractivity contribution is 7.90. The van der Waals surface area contributed by atoms with Crippen LogP contribution in [0.25, 0.3) is 0 Å². The summed E-state index contributed by atoms with van der Waals surface area (Å²) in [6.45, 7) is 9.72. The zero-order chi connectivity index (χ0) is 18.1. The highest BCUT2D eigenvalue weighted by atomic mass is 32.2. The van der Waals surface area contributed by atoms with E-state index in [0.717, 1.165) is 0 Å². The molecule has 2 atom stereocenters. The number of nitrogens with zero attached hydrogens (tertiary/aromatic N) is 1. The van der Waals surface area contributed by atoms with E-state index < -0.39 is 27.4 Å². The number of hydrogen-bond donors (Lipinski definition) is 1. The fraction of sp³-hybridized carbons (Fsp3) is 0.588. The Labute approximate surface area is 140 Å². The zero-order valence-corrected chi connectivity index (χ0v) is 15.2. The number of benzene rings is 1. The molecule has 0 saturated heterocycles. The minimum atomic E-state index is -3.28. The van der Waals surface area contributed by atoms with Crippen molar-refractivity contribution < 1.29 is 13.3 Å². The van der Waals surface area contributed by atoms with E-state index in [-0.39, 0.29) is 11.6 Å². The van der Waals surface area contributed by atoms with E-state index in [4.69, 9.17) is 5.26 Å². The third-order valence-corrected chi connectivity index (χ3v) is 5.33. The third kappa shape index (κ3) is 4.43. The average molecular weight is 342 g/mol. The van der Waals surface area contributed by atoms with Gasteiger partial charge in [0, 0.05) is 16.9 Å². The molecule has 0 heterocycles. The third-order valence-electron chi connectivity index (χ3n) is 3.65. The Morgan fingerprint density at radius 3 is 2.26 bits per heavy atom. The summed E-state index contributed by atoms with van der Waals surface area (Å²) in [5.41, 5.74) is -1.42. The molecule has 0 amide bonds. The summed E-state index contributed by atoms with van der Waals surface area (Å²) in [5, 5.41) is 9.00. The molecule has 0 bridgehead atoms. The second-order valence-electron chi connectivity index (χ2n) is 7.16. The van der Waals surface area contributed by atoms with Crippen LogP contribution < -0.4 is 4.72 Å². The van der Waals surface area contributed by atoms with Crippen LogP contribution in [0, 0.1) is 16.7 Å². The van der Waals surface area contributed by atoms with Crippen LogP contribution in [-0.2, 0) is 17.3 Å². The number of nitriles is 1. The first-order valence-electron chi connectivity index (χ1n) is 7.40. The molecule has 0 fully saturated rings. The average Bonchev–Trinajstić information content (AvgIpc) is 2.46. The van der Waals surface area contributed by atoms with Crippen molar-refractivity contribution >= 4 is 11.4 Å². The van der Waals surface area contributed by atoms with E-state index in [9.17, 15) is 13.3 Å². The molecule has 0 aliphatic heterocycles. The predicted octanol–water partition coefficient (Wildman–Crippen LogP) is 4.44. The Morgan fingerprint density at radius 1 is 1.22 bits per heavy atom. The molecule has 0 radical (unpaired) electrons. The van der Waals surface area contributed by atoms with Gasteiger partial charge in [-0.1, -0.05) is 18.2 Å². The van der Waals surface area contributed by atoms with Crippen LogP contribution in [0.1, 0.15) is 58.7 Å². The lowest BCUT2D eigenvalue weighted by molar-refractivity contribution is -0.0854. The summed E-state index contributed by atoms with van der Waals surface area (Å²) in [6, 6.07) is 7.24. The molecule has 23 heavy (non-hydrogen) atoms. The van der Waals surface area contributed by atoms with Crippen molar-refractivity contribution in [1.82, 2.24) is 4.72 Å². The fourth-order valence-corrected chi connectivity index (χ4v) is 2.65. The van der Waals surface area contributed by atoms with Crippen LogP contribution in [0.5, 0.6) is 0 Å². The quantitative estimate of drug-likeness (QED) is 0.805. The molecule has 0 saturated carbocycles. The first-order chi connectivity index (χ1) is 10.3. The summed E-state index contributed by atoms with van der Waals surface area (Å²) in [5.74, 6) is -3.28. The van der Waals surface area contributed by atoms with Gasteiger partial charge in [0.1, 0.15) is 10.2 Å². The highest BCUT2D eigenvalue weighted by Gasteiger charge is 2.48. The Hall–Kier alpha value is -1.16. The molecule has 3 nitrogen and oxygen atoms in total. The number of hydrogen-bond acceptors (Lipinski definition) is 3. The minimum Gasteiger partial charge on any atom is -0.598 e. The maximum atomic E-state index is 14.5. The normalized spacial score (nSPS) is 15.8. The van der Waals surface area contributed by atoms with Gasteiger partial charge >= 0.3 is 0 Å². The molecule has 1 N–H and O–H groups in total. The van der Waals surface area contributed by atoms with Gasteiger partial charge in [-0.3, -0.25) is 0 Å². The van der Waals surface area contributed by atoms with Crippen LogP contribution in [-0.4, -0.2) is 9.30 Å². The summed E-state index contributed by atoms with van der Waals surface area (Å²) < 4.78 is 43.7. The van der Waals surface area contributed by atoms with E-state index in [0.29, 0.717) is 5.56 Å². The number of nitrogens with one attached hydrogen (secondary N) is 1. The molecule has 0 spiro atoms. The summed E-state index contributed by atoms with van der Waals surface area (Å²) in [7, 11) is 0. The van der Waals surface area contributed by atoms with Crippen LogP contribution in [0.2, 0.25) is 0 Å². The predicted molar refractivity (Wildman–Crippen MR) is 89.2 cm³/mol. The van der Waals surface area contributed by atoms with E-state index in [2.05, 4.69) is 4.72 Å². The molecule has 1 aromatic carbocycles. The maximum Gasteiger partial charge on any atom is 0.291 e. The Morgan fingerprint density at radius 2 is 1.78 bits per heavy atom. The van der Waals surface area contributed by atoms with Gasteiger partial charge in [0.05, 0.1) is 12.1 Å². The van der Waals surface area contributed by atoms with Crippen molar-refractivity contribution in [3.63, 3.8) is 0 Å². The van der Waals surface area contributed by atoms with Crippen LogP contribution in [0.4, 0.5) is 8.78 Å². The molecule has 2 unspecified atom stereocenters. The Bertz CT molecular complexity index is 591. The minimum absolute atomic E-state index is 0.211. The van der Waals surface area contributed by atoms with Crippen molar-refractivity contribution in [1.29, 1.82) is 5.26 Å². The van der Waals surface area contributed by atoms with Gasteiger partial charge in [0.25, 0.3) is 5.92 Å². The van der Waals surface area contributed by atoms with Gasteiger partial charge < -0.3 is 4.55 Å². The van der Waals surface area contributed by atoms with Crippen molar-refractivity contribution in [2.24, 2.45) is 5.41 Å². The number of halogens is 2. The lowest BCUT2D eigenvalue weighted by Gasteiger charge is -2.29. The molecular formula is C17H24F2N2OS. The summed E-state index contributed by atoms with van der Waals surface area (Å²) in [6.07, 6.45) is 0. The van der Waals surface area contributed by atoms with Gasteiger partial charge in [0.15, 0.2) is 0 Å². The molecule has 1 rings (SSSR count). The van der Waals surface area contributed by atoms with Crippen molar-refractivity contribution in [3.05, 3.63) is 35.4 Å². The van der Waals surface area contributed by atoms with E-state index in [1.165, 1.54) is 32.0 Å². The lowest BCUT2D eigenvalue weighted by atomic mass is 9.82. The Kier molecular flexibility index (Phi) is 5.84. The second-order valence-corrected chi connectivity index (χ2v) is 9.16. The molecule has 0 aliphatic rings. The first kappa shape index (κ1) is 19.9. The number of rotatable bonds is 5. The smallest absolute Gasteiger partial charge is 0.291 e. The molecule has 128 valence electrons. The zero-order valence-electron chi connectivity index (χ0n) is 14.4. The molecule has 1 aromatic rings. The molecule has 0 aromatic heterocycles. The number of alkyl halides is 2. The first-order valence-corrected chi connectivity index (χ1v) is 8.55. The van der Waals surface area contributed by atoms with E-state index >= 15 is 0 Å². The Balaban J connectivity index is 3.09. The second kappa shape index (κ2) is 6.76. The standard InChI is InChI=1S/C17H24F2N2OS/c1-12(21-23(22)15(2,3)4)13-8-7-9-14(10-13)17(18,19)16(5,6)11-20/h7-10,12,21H,1-6H3. The fourth-order valence-electron chi connectivity index (χ4n) is 1.84. The molecule has 6 heteroatoms.